The molecule has 22 heavy (non-hydrogen) atoms. The summed E-state index contributed by atoms with van der Waals surface area (Å²) in [5, 5.41) is 0.687. The quantitative estimate of drug-likeness (QED) is 0.616. The third-order valence-electron chi connectivity index (χ3n) is 4.83. The molecule has 1 saturated carbocycles. The van der Waals surface area contributed by atoms with E-state index in [-0.39, 0.29) is 11.8 Å². The Hall–Kier alpha value is -1.34. The Morgan fingerprint density at radius 2 is 1.59 bits per heavy atom. The van der Waals surface area contributed by atoms with E-state index in [4.69, 9.17) is 11.6 Å². The van der Waals surface area contributed by atoms with E-state index < -0.39 is 5.67 Å². The molecule has 0 radical (unpaired) electrons. The minimum atomic E-state index is -1.20. The van der Waals surface area contributed by atoms with Crippen LogP contribution in [0.4, 0.5) is 4.39 Å². The fourth-order valence-corrected chi connectivity index (χ4v) is 3.85. The van der Waals surface area contributed by atoms with Crippen LogP contribution in [0.3, 0.4) is 0 Å². The maximum Gasteiger partial charge on any atom is 0.123 e. The minimum Gasteiger partial charge on any atom is -0.243 e. The van der Waals surface area contributed by atoms with Gasteiger partial charge in [-0.3, -0.25) is 0 Å². The Bertz CT molecular complexity index is 665. The van der Waals surface area contributed by atoms with Crippen molar-refractivity contribution in [3.8, 4) is 0 Å². The van der Waals surface area contributed by atoms with E-state index in [0.717, 1.165) is 16.7 Å². The van der Waals surface area contributed by atoms with Crippen molar-refractivity contribution < 1.29 is 4.39 Å². The topological polar surface area (TPSA) is 0 Å². The van der Waals surface area contributed by atoms with E-state index in [1.165, 1.54) is 5.56 Å². The Balaban J connectivity index is 1.91. The molecule has 0 bridgehead atoms. The van der Waals surface area contributed by atoms with Crippen LogP contribution in [0.2, 0.25) is 5.02 Å². The van der Waals surface area contributed by atoms with Gasteiger partial charge in [0.25, 0.3) is 0 Å². The molecular weight excluding hydrogens is 295 g/mol. The average molecular weight is 317 g/mol. The van der Waals surface area contributed by atoms with Gasteiger partial charge in [0, 0.05) is 16.9 Å². The lowest BCUT2D eigenvalue weighted by molar-refractivity contribution is 0.319. The molecule has 2 aromatic rings. The van der Waals surface area contributed by atoms with E-state index in [0.29, 0.717) is 10.9 Å². The molecule has 1 fully saturated rings. The summed E-state index contributed by atoms with van der Waals surface area (Å²) in [6, 6.07) is 14.3. The summed E-state index contributed by atoms with van der Waals surface area (Å²) in [6.07, 6.45) is 0. The van der Waals surface area contributed by atoms with Gasteiger partial charge in [0.2, 0.25) is 0 Å². The normalized spacial score (nSPS) is 27.2. The van der Waals surface area contributed by atoms with Crippen molar-refractivity contribution in [2.24, 2.45) is 0 Å². The van der Waals surface area contributed by atoms with Crippen LogP contribution in [-0.4, -0.2) is 5.67 Å². The van der Waals surface area contributed by atoms with Gasteiger partial charge in [-0.2, -0.15) is 0 Å². The number of hydrogen-bond donors (Lipinski definition) is 0. The maximum atomic E-state index is 15.0. The second kappa shape index (κ2) is 5.38. The molecule has 0 aliphatic heterocycles. The molecule has 1 aliphatic carbocycles. The van der Waals surface area contributed by atoms with Crippen LogP contribution >= 0.6 is 11.6 Å². The lowest BCUT2D eigenvalue weighted by Crippen LogP contribution is -1.97. The highest BCUT2D eigenvalue weighted by atomic mass is 35.5. The highest BCUT2D eigenvalue weighted by Crippen LogP contribution is 2.66. The van der Waals surface area contributed by atoms with E-state index in [1.54, 1.807) is 6.92 Å². The zero-order valence-electron chi connectivity index (χ0n) is 13.5. The molecule has 1 aliphatic rings. The molecule has 0 amide bonds. The first-order valence-corrected chi connectivity index (χ1v) is 8.24. The van der Waals surface area contributed by atoms with E-state index in [1.807, 2.05) is 19.1 Å². The first-order valence-electron chi connectivity index (χ1n) is 7.86. The predicted molar refractivity (Wildman–Crippen MR) is 91.7 cm³/mol. The van der Waals surface area contributed by atoms with Crippen molar-refractivity contribution in [3.05, 3.63) is 69.7 Å². The SMILES string of the molecule is Cc1cc(Cl)cc(C2C(c3ccc(C(C)C)cc3)C2(C)F)c1. The average Bonchev–Trinajstić information content (AvgIpc) is 3.00. The van der Waals surface area contributed by atoms with Gasteiger partial charge in [0.1, 0.15) is 5.67 Å². The van der Waals surface area contributed by atoms with Gasteiger partial charge in [-0.25, -0.2) is 4.39 Å². The Kier molecular flexibility index (Phi) is 3.81. The van der Waals surface area contributed by atoms with E-state index >= 15 is 0 Å². The third-order valence-corrected chi connectivity index (χ3v) is 5.04. The van der Waals surface area contributed by atoms with Gasteiger partial charge >= 0.3 is 0 Å². The van der Waals surface area contributed by atoms with Crippen LogP contribution in [0.5, 0.6) is 0 Å². The summed E-state index contributed by atoms with van der Waals surface area (Å²) in [5.41, 5.74) is 3.26. The summed E-state index contributed by atoms with van der Waals surface area (Å²) in [6.45, 7) is 8.04. The lowest BCUT2D eigenvalue weighted by atomic mass is 9.98. The second-order valence-electron chi connectivity index (χ2n) is 6.99. The molecule has 3 atom stereocenters. The van der Waals surface area contributed by atoms with Crippen LogP contribution < -0.4 is 0 Å². The van der Waals surface area contributed by atoms with Crippen molar-refractivity contribution in [3.63, 3.8) is 0 Å². The van der Waals surface area contributed by atoms with Gasteiger partial charge in [0.15, 0.2) is 0 Å². The van der Waals surface area contributed by atoms with Gasteiger partial charge < -0.3 is 0 Å². The molecule has 0 nitrogen and oxygen atoms in total. The molecule has 2 aromatic carbocycles. The molecule has 0 aromatic heterocycles. The van der Waals surface area contributed by atoms with Gasteiger partial charge in [-0.15, -0.1) is 0 Å². The van der Waals surface area contributed by atoms with Crippen LogP contribution in [0.25, 0.3) is 0 Å². The highest BCUT2D eigenvalue weighted by Gasteiger charge is 2.63. The summed E-state index contributed by atoms with van der Waals surface area (Å²) < 4.78 is 15.0. The highest BCUT2D eigenvalue weighted by molar-refractivity contribution is 6.30. The molecule has 3 unspecified atom stereocenters. The van der Waals surface area contributed by atoms with E-state index in [9.17, 15) is 4.39 Å². The fourth-order valence-electron chi connectivity index (χ4n) is 3.55. The predicted octanol–water partition coefficient (Wildman–Crippen LogP) is 6.38. The summed E-state index contributed by atoms with van der Waals surface area (Å²) >= 11 is 6.14. The molecule has 3 rings (SSSR count). The summed E-state index contributed by atoms with van der Waals surface area (Å²) in [5.74, 6) is 0.317. The standard InChI is InChI=1S/C20H22ClF/c1-12(2)14-5-7-15(8-6-14)18-19(20(18,4)22)16-9-13(3)10-17(21)11-16/h5-12,18-19H,1-4H3. The number of aryl methyl sites for hydroxylation is 1. The summed E-state index contributed by atoms with van der Waals surface area (Å²) in [4.78, 5) is 0. The number of benzene rings is 2. The third kappa shape index (κ3) is 2.67. The molecule has 116 valence electrons. The first-order chi connectivity index (χ1) is 10.3. The summed E-state index contributed by atoms with van der Waals surface area (Å²) in [7, 11) is 0. The second-order valence-corrected chi connectivity index (χ2v) is 7.43. The zero-order valence-corrected chi connectivity index (χ0v) is 14.3. The molecule has 0 spiro atoms. The monoisotopic (exact) mass is 316 g/mol. The van der Waals surface area contributed by atoms with Gasteiger partial charge in [-0.1, -0.05) is 55.8 Å². The zero-order chi connectivity index (χ0) is 16.1. The van der Waals surface area contributed by atoms with Gasteiger partial charge in [-0.05, 0) is 54.2 Å². The van der Waals surface area contributed by atoms with Crippen molar-refractivity contribution in [2.45, 2.75) is 51.1 Å². The number of alkyl halides is 1. The maximum absolute atomic E-state index is 15.0. The molecule has 0 saturated heterocycles. The van der Waals surface area contributed by atoms with Crippen molar-refractivity contribution >= 4 is 11.6 Å². The molecule has 0 heterocycles. The number of rotatable bonds is 3. The Labute approximate surface area is 137 Å². The minimum absolute atomic E-state index is 0.0772. The van der Waals surface area contributed by atoms with Crippen LogP contribution in [0, 0.1) is 6.92 Å². The van der Waals surface area contributed by atoms with Crippen molar-refractivity contribution in [1.29, 1.82) is 0 Å². The smallest absolute Gasteiger partial charge is 0.123 e. The molecule has 0 N–H and O–H groups in total. The Morgan fingerprint density at radius 3 is 2.14 bits per heavy atom. The van der Waals surface area contributed by atoms with Crippen molar-refractivity contribution in [2.75, 3.05) is 0 Å². The van der Waals surface area contributed by atoms with Crippen LogP contribution in [0.1, 0.15) is 60.8 Å². The Morgan fingerprint density at radius 1 is 1.00 bits per heavy atom. The van der Waals surface area contributed by atoms with Crippen LogP contribution in [-0.2, 0) is 0 Å². The largest absolute Gasteiger partial charge is 0.243 e. The lowest BCUT2D eigenvalue weighted by Gasteiger charge is -2.07. The van der Waals surface area contributed by atoms with Gasteiger partial charge in [0.05, 0.1) is 0 Å². The fraction of sp³-hybridized carbons (Fsp3) is 0.400. The molecular formula is C20H22ClF. The molecule has 2 heteroatoms. The van der Waals surface area contributed by atoms with E-state index in [2.05, 4.69) is 44.2 Å². The first kappa shape index (κ1) is 15.6. The van der Waals surface area contributed by atoms with Crippen LogP contribution in [0.15, 0.2) is 42.5 Å². The van der Waals surface area contributed by atoms with Crippen molar-refractivity contribution in [1.82, 2.24) is 0 Å². The number of hydrogen-bond acceptors (Lipinski definition) is 0. The number of halogens is 2.